The number of hydrogen-bond donors (Lipinski definition) is 4. The first-order valence-corrected chi connectivity index (χ1v) is 12.5. The molecule has 172 valence electrons. The minimum atomic E-state index is -3.77. The van der Waals surface area contributed by atoms with Gasteiger partial charge in [-0.25, -0.2) is 19.0 Å². The van der Waals surface area contributed by atoms with Gasteiger partial charge in [0.2, 0.25) is 10.0 Å². The smallest absolute Gasteiger partial charge is 0.253 e. The van der Waals surface area contributed by atoms with Crippen molar-refractivity contribution in [2.75, 3.05) is 6.61 Å². The van der Waals surface area contributed by atoms with E-state index in [0.717, 1.165) is 30.4 Å². The van der Waals surface area contributed by atoms with Crippen molar-refractivity contribution in [1.29, 1.82) is 0 Å². The zero-order valence-corrected chi connectivity index (χ0v) is 18.8. The molecular formula is C23H30N4O4S. The lowest BCUT2D eigenvalue weighted by Crippen LogP contribution is -2.45. The van der Waals surface area contributed by atoms with Crippen LogP contribution in [0.4, 0.5) is 0 Å². The van der Waals surface area contributed by atoms with Gasteiger partial charge in [0, 0.05) is 18.7 Å². The Morgan fingerprint density at radius 2 is 1.94 bits per heavy atom. The van der Waals surface area contributed by atoms with Gasteiger partial charge in [-0.3, -0.25) is 10.2 Å². The summed E-state index contributed by atoms with van der Waals surface area (Å²) in [5, 5.41) is 8.50. The number of sulfonamides is 1. The van der Waals surface area contributed by atoms with Crippen LogP contribution in [0.15, 0.2) is 59.5 Å². The molecule has 2 fully saturated rings. The highest BCUT2D eigenvalue weighted by molar-refractivity contribution is 7.89. The van der Waals surface area contributed by atoms with Crippen LogP contribution in [0.25, 0.3) is 0 Å². The van der Waals surface area contributed by atoms with Gasteiger partial charge in [-0.15, -0.1) is 0 Å². The van der Waals surface area contributed by atoms with E-state index in [4.69, 9.17) is 9.88 Å². The number of amides is 1. The van der Waals surface area contributed by atoms with E-state index in [1.807, 2.05) is 43.3 Å². The fraction of sp³-hybridized carbons (Fsp3) is 0.435. The summed E-state index contributed by atoms with van der Waals surface area (Å²) in [5.74, 6) is 0.0697. The SMILES string of the molecule is CCOC(C(=O)NC1CCC2NNC(c3cccc(S(N)(=O)=O)c3)C2C1)c1ccccc1. The van der Waals surface area contributed by atoms with Crippen molar-refractivity contribution in [3.05, 3.63) is 65.7 Å². The maximum atomic E-state index is 13.1. The average Bonchev–Trinajstić information content (AvgIpc) is 3.21. The van der Waals surface area contributed by atoms with Gasteiger partial charge in [0.25, 0.3) is 5.91 Å². The Morgan fingerprint density at radius 3 is 2.66 bits per heavy atom. The number of carbonyl (C=O) groups is 1. The maximum Gasteiger partial charge on any atom is 0.253 e. The number of nitrogens with two attached hydrogens (primary N) is 1. The molecule has 8 nitrogen and oxygen atoms in total. The number of fused-ring (bicyclic) bond motifs is 1. The van der Waals surface area contributed by atoms with Crippen LogP contribution >= 0.6 is 0 Å². The summed E-state index contributed by atoms with van der Waals surface area (Å²) in [4.78, 5) is 13.2. The Hall–Kier alpha value is -2.30. The average molecular weight is 459 g/mol. The third-order valence-electron chi connectivity index (χ3n) is 6.32. The molecule has 1 saturated heterocycles. The molecule has 0 radical (unpaired) electrons. The fourth-order valence-corrected chi connectivity index (χ4v) is 5.37. The van der Waals surface area contributed by atoms with E-state index in [2.05, 4.69) is 16.2 Å². The normalized spacial score (nSPS) is 26.3. The minimum Gasteiger partial charge on any atom is -0.364 e. The van der Waals surface area contributed by atoms with Gasteiger partial charge >= 0.3 is 0 Å². The van der Waals surface area contributed by atoms with Gasteiger partial charge in [-0.2, -0.15) is 0 Å². The number of hydrogen-bond acceptors (Lipinski definition) is 6. The van der Waals surface area contributed by atoms with Crippen molar-refractivity contribution in [3.8, 4) is 0 Å². The molecule has 5 atom stereocenters. The summed E-state index contributed by atoms with van der Waals surface area (Å²) in [7, 11) is -3.77. The van der Waals surface area contributed by atoms with Crippen LogP contribution in [0.2, 0.25) is 0 Å². The number of carbonyl (C=O) groups excluding carboxylic acids is 1. The number of rotatable bonds is 7. The number of primary sulfonamides is 1. The van der Waals surface area contributed by atoms with Gasteiger partial charge in [-0.1, -0.05) is 42.5 Å². The topological polar surface area (TPSA) is 123 Å². The third kappa shape index (κ3) is 5.02. The lowest BCUT2D eigenvalue weighted by atomic mass is 9.77. The molecule has 5 unspecified atom stereocenters. The van der Waals surface area contributed by atoms with Crippen molar-refractivity contribution in [2.45, 2.75) is 55.3 Å². The number of hydrazine groups is 1. The van der Waals surface area contributed by atoms with Crippen LogP contribution in [0.3, 0.4) is 0 Å². The molecular weight excluding hydrogens is 428 g/mol. The second kappa shape index (κ2) is 9.68. The van der Waals surface area contributed by atoms with Crippen molar-refractivity contribution < 1.29 is 17.9 Å². The van der Waals surface area contributed by atoms with Crippen molar-refractivity contribution in [3.63, 3.8) is 0 Å². The number of ether oxygens (including phenoxy) is 1. The molecule has 2 aliphatic rings. The van der Waals surface area contributed by atoms with E-state index in [1.165, 1.54) is 6.07 Å². The van der Waals surface area contributed by atoms with Crippen LogP contribution in [-0.4, -0.2) is 33.0 Å². The second-order valence-corrected chi connectivity index (χ2v) is 9.98. The molecule has 0 spiro atoms. The second-order valence-electron chi connectivity index (χ2n) is 8.42. The van der Waals surface area contributed by atoms with Crippen LogP contribution in [0.1, 0.15) is 49.5 Å². The zero-order chi connectivity index (χ0) is 22.7. The third-order valence-corrected chi connectivity index (χ3v) is 7.23. The molecule has 1 amide bonds. The van der Waals surface area contributed by atoms with E-state index < -0.39 is 16.1 Å². The number of benzene rings is 2. The number of nitrogens with one attached hydrogen (secondary N) is 3. The van der Waals surface area contributed by atoms with E-state index in [1.54, 1.807) is 12.1 Å². The summed E-state index contributed by atoms with van der Waals surface area (Å²) in [6.07, 6.45) is 1.90. The molecule has 2 aromatic rings. The molecule has 5 N–H and O–H groups in total. The molecule has 1 aliphatic heterocycles. The fourth-order valence-electron chi connectivity index (χ4n) is 4.80. The Labute approximate surface area is 188 Å². The Morgan fingerprint density at radius 1 is 1.16 bits per heavy atom. The predicted molar refractivity (Wildman–Crippen MR) is 121 cm³/mol. The summed E-state index contributed by atoms with van der Waals surface area (Å²) < 4.78 is 29.3. The summed E-state index contributed by atoms with van der Waals surface area (Å²) in [6, 6.07) is 16.4. The van der Waals surface area contributed by atoms with Gasteiger partial charge < -0.3 is 10.1 Å². The Kier molecular flexibility index (Phi) is 6.92. The molecule has 4 rings (SSSR count). The molecule has 1 saturated carbocycles. The molecule has 1 aliphatic carbocycles. The highest BCUT2D eigenvalue weighted by atomic mass is 32.2. The van der Waals surface area contributed by atoms with Gasteiger partial charge in [-0.05, 0) is 55.4 Å². The summed E-state index contributed by atoms with van der Waals surface area (Å²) >= 11 is 0. The first-order chi connectivity index (χ1) is 15.4. The van der Waals surface area contributed by atoms with E-state index in [0.29, 0.717) is 6.61 Å². The zero-order valence-electron chi connectivity index (χ0n) is 18.0. The molecule has 0 aromatic heterocycles. The molecule has 9 heteroatoms. The molecule has 32 heavy (non-hydrogen) atoms. The first-order valence-electron chi connectivity index (χ1n) is 11.0. The van der Waals surface area contributed by atoms with Crippen molar-refractivity contribution in [1.82, 2.24) is 16.2 Å². The summed E-state index contributed by atoms with van der Waals surface area (Å²) in [5.41, 5.74) is 8.35. The van der Waals surface area contributed by atoms with Crippen LogP contribution < -0.4 is 21.3 Å². The van der Waals surface area contributed by atoms with E-state index in [-0.39, 0.29) is 34.8 Å². The molecule has 0 bridgehead atoms. The highest BCUT2D eigenvalue weighted by Gasteiger charge is 2.42. The van der Waals surface area contributed by atoms with Gasteiger partial charge in [0.15, 0.2) is 6.10 Å². The largest absolute Gasteiger partial charge is 0.364 e. The Balaban J connectivity index is 1.47. The van der Waals surface area contributed by atoms with Crippen molar-refractivity contribution >= 4 is 15.9 Å². The standard InChI is InChI=1S/C23H30N4O4S/c1-2-31-22(15-7-4-3-5-8-15)23(28)25-17-11-12-20-19(14-17)21(27-26-20)16-9-6-10-18(13-16)32(24,29)30/h3-10,13,17,19-22,26-27H,2,11-12,14H2,1H3,(H,25,28)(H2,24,29,30). The lowest BCUT2D eigenvalue weighted by Gasteiger charge is -2.34. The van der Waals surface area contributed by atoms with E-state index >= 15 is 0 Å². The van der Waals surface area contributed by atoms with Crippen LogP contribution in [-0.2, 0) is 19.6 Å². The Bertz CT molecular complexity index is 1050. The van der Waals surface area contributed by atoms with Crippen LogP contribution in [0.5, 0.6) is 0 Å². The van der Waals surface area contributed by atoms with Gasteiger partial charge in [0.1, 0.15) is 0 Å². The quantitative estimate of drug-likeness (QED) is 0.503. The predicted octanol–water partition coefficient (Wildman–Crippen LogP) is 1.91. The highest BCUT2D eigenvalue weighted by Crippen LogP contribution is 2.38. The first kappa shape index (κ1) is 22.9. The minimum absolute atomic E-state index is 0.0149. The van der Waals surface area contributed by atoms with E-state index in [9.17, 15) is 13.2 Å². The molecule has 2 aromatic carbocycles. The summed E-state index contributed by atoms with van der Waals surface area (Å²) in [6.45, 7) is 2.32. The molecule has 1 heterocycles. The van der Waals surface area contributed by atoms with Crippen molar-refractivity contribution in [2.24, 2.45) is 11.1 Å². The van der Waals surface area contributed by atoms with Crippen LogP contribution in [0, 0.1) is 5.92 Å². The maximum absolute atomic E-state index is 13.1. The van der Waals surface area contributed by atoms with Gasteiger partial charge in [0.05, 0.1) is 10.9 Å². The lowest BCUT2D eigenvalue weighted by molar-refractivity contribution is -0.134. The monoisotopic (exact) mass is 458 g/mol.